The number of carbonyl (C=O) groups is 2. The van der Waals surface area contributed by atoms with Crippen LogP contribution < -0.4 is 5.48 Å². The van der Waals surface area contributed by atoms with Crippen molar-refractivity contribution in [2.75, 3.05) is 0 Å². The van der Waals surface area contributed by atoms with Gasteiger partial charge in [0.05, 0.1) is 5.02 Å². The number of allylic oxidation sites excluding steroid dienone is 1. The molecule has 0 aliphatic carbocycles. The maximum Gasteiger partial charge on any atom is 0.332 e. The van der Waals surface area contributed by atoms with E-state index in [1.165, 1.54) is 17.8 Å². The van der Waals surface area contributed by atoms with Gasteiger partial charge in [0.1, 0.15) is 0 Å². The first-order chi connectivity index (χ1) is 13.3. The highest BCUT2D eigenvalue weighted by atomic mass is 35.5. The minimum absolute atomic E-state index is 0.0566. The number of halogens is 3. The second kappa shape index (κ2) is 10.8. The molecule has 0 aromatic heterocycles. The van der Waals surface area contributed by atoms with E-state index in [4.69, 9.17) is 11.6 Å². The van der Waals surface area contributed by atoms with Gasteiger partial charge in [-0.3, -0.25) is 4.79 Å². The van der Waals surface area contributed by atoms with Crippen LogP contribution in [0.25, 0.3) is 0 Å². The van der Waals surface area contributed by atoms with Gasteiger partial charge in [-0.05, 0) is 56.2 Å². The topological polar surface area (TPSA) is 55.4 Å². The van der Waals surface area contributed by atoms with Crippen molar-refractivity contribution in [3.05, 3.63) is 70.8 Å². The standard InChI is InChI=1S/C20H18ClF2NO3S/c1-13-6-9-15(10-7-13)28-17-11-8-14(12-16(17)21)20(26)24-27-19(25)5-3-2-4-18(22)23/h4,6-12H,2-3,5H2,1H3,(H,24,26). The van der Waals surface area contributed by atoms with Gasteiger partial charge in [-0.15, -0.1) is 0 Å². The summed E-state index contributed by atoms with van der Waals surface area (Å²) in [6, 6.07) is 12.7. The lowest BCUT2D eigenvalue weighted by Gasteiger charge is -2.08. The molecule has 2 aromatic rings. The first-order valence-corrected chi connectivity index (χ1v) is 9.60. The van der Waals surface area contributed by atoms with Crippen molar-refractivity contribution in [2.24, 2.45) is 0 Å². The fourth-order valence-electron chi connectivity index (χ4n) is 2.13. The zero-order valence-corrected chi connectivity index (χ0v) is 16.6. The number of hydroxylamine groups is 1. The van der Waals surface area contributed by atoms with Crippen LogP contribution in [0.4, 0.5) is 8.78 Å². The molecule has 0 spiro atoms. The summed E-state index contributed by atoms with van der Waals surface area (Å²) in [6.07, 6.45) is -0.896. The summed E-state index contributed by atoms with van der Waals surface area (Å²) in [5.74, 6) is -1.34. The summed E-state index contributed by atoms with van der Waals surface area (Å²) in [7, 11) is 0. The summed E-state index contributed by atoms with van der Waals surface area (Å²) >= 11 is 7.72. The minimum atomic E-state index is -1.79. The summed E-state index contributed by atoms with van der Waals surface area (Å²) < 4.78 is 23.8. The molecule has 0 fully saturated rings. The maximum absolute atomic E-state index is 12.1. The van der Waals surface area contributed by atoms with Crippen LogP contribution in [0.1, 0.15) is 35.2 Å². The number of hydrogen-bond acceptors (Lipinski definition) is 4. The summed E-state index contributed by atoms with van der Waals surface area (Å²) in [6.45, 7) is 2.00. The molecule has 0 aliphatic rings. The number of hydrogen-bond donors (Lipinski definition) is 1. The Balaban J connectivity index is 1.86. The third kappa shape index (κ3) is 7.32. The number of amides is 1. The molecule has 0 unspecified atom stereocenters. The Morgan fingerprint density at radius 3 is 2.54 bits per heavy atom. The Hall–Kier alpha value is -2.38. The molecule has 0 saturated heterocycles. The van der Waals surface area contributed by atoms with Crippen molar-refractivity contribution in [3.63, 3.8) is 0 Å². The van der Waals surface area contributed by atoms with Gasteiger partial charge >= 0.3 is 5.97 Å². The van der Waals surface area contributed by atoms with Crippen LogP contribution in [0.2, 0.25) is 5.02 Å². The quantitative estimate of drug-likeness (QED) is 0.440. The highest BCUT2D eigenvalue weighted by Gasteiger charge is 2.12. The van der Waals surface area contributed by atoms with Crippen LogP contribution in [0, 0.1) is 6.92 Å². The number of unbranched alkanes of at least 4 members (excludes halogenated alkanes) is 1. The molecule has 0 bridgehead atoms. The van der Waals surface area contributed by atoms with E-state index in [1.807, 2.05) is 36.7 Å². The molecule has 0 heterocycles. The van der Waals surface area contributed by atoms with Crippen molar-refractivity contribution in [2.45, 2.75) is 36.0 Å². The zero-order valence-electron chi connectivity index (χ0n) is 15.0. The lowest BCUT2D eigenvalue weighted by atomic mass is 10.2. The van der Waals surface area contributed by atoms with E-state index in [0.717, 1.165) is 21.4 Å². The van der Waals surface area contributed by atoms with Crippen molar-refractivity contribution in [3.8, 4) is 0 Å². The second-order valence-corrected chi connectivity index (χ2v) is 7.37. The van der Waals surface area contributed by atoms with E-state index in [-0.39, 0.29) is 24.8 Å². The Morgan fingerprint density at radius 2 is 1.89 bits per heavy atom. The largest absolute Gasteiger partial charge is 0.341 e. The minimum Gasteiger partial charge on any atom is -0.341 e. The first-order valence-electron chi connectivity index (χ1n) is 8.40. The van der Waals surface area contributed by atoms with Crippen molar-refractivity contribution < 1.29 is 23.2 Å². The van der Waals surface area contributed by atoms with Gasteiger partial charge in [0.15, 0.2) is 0 Å². The summed E-state index contributed by atoms with van der Waals surface area (Å²) in [5.41, 5.74) is 3.42. The number of rotatable bonds is 7. The molecule has 0 radical (unpaired) electrons. The highest BCUT2D eigenvalue weighted by molar-refractivity contribution is 7.99. The fraction of sp³-hybridized carbons (Fsp3) is 0.200. The summed E-state index contributed by atoms with van der Waals surface area (Å²) in [5, 5.41) is 0.393. The Kier molecular flexibility index (Phi) is 8.47. The molecule has 1 N–H and O–H groups in total. The maximum atomic E-state index is 12.1. The van der Waals surface area contributed by atoms with Crippen molar-refractivity contribution in [1.82, 2.24) is 5.48 Å². The molecule has 28 heavy (non-hydrogen) atoms. The van der Waals surface area contributed by atoms with Crippen LogP contribution in [0.15, 0.2) is 64.4 Å². The van der Waals surface area contributed by atoms with E-state index in [9.17, 15) is 18.4 Å². The van der Waals surface area contributed by atoms with Crippen LogP contribution in [-0.2, 0) is 9.63 Å². The van der Waals surface area contributed by atoms with Gasteiger partial charge in [0.25, 0.3) is 12.0 Å². The predicted octanol–water partition coefficient (Wildman–Crippen LogP) is 5.94. The molecule has 2 aromatic carbocycles. The lowest BCUT2D eigenvalue weighted by molar-refractivity contribution is -0.149. The van der Waals surface area contributed by atoms with Crippen molar-refractivity contribution in [1.29, 1.82) is 0 Å². The predicted molar refractivity (Wildman–Crippen MR) is 104 cm³/mol. The van der Waals surface area contributed by atoms with E-state index < -0.39 is 18.0 Å². The monoisotopic (exact) mass is 425 g/mol. The molecule has 0 aliphatic heterocycles. The first kappa shape index (κ1) is 21.9. The molecular formula is C20H18ClF2NO3S. The van der Waals surface area contributed by atoms with Gasteiger partial charge in [-0.25, -0.2) is 4.79 Å². The average Bonchev–Trinajstić information content (AvgIpc) is 2.66. The molecule has 4 nitrogen and oxygen atoms in total. The Bertz CT molecular complexity index is 868. The zero-order chi connectivity index (χ0) is 20.5. The third-order valence-corrected chi connectivity index (χ3v) is 5.09. The van der Waals surface area contributed by atoms with Crippen LogP contribution >= 0.6 is 23.4 Å². The van der Waals surface area contributed by atoms with E-state index >= 15 is 0 Å². The Labute approximate surface area is 170 Å². The average molecular weight is 426 g/mol. The van der Waals surface area contributed by atoms with E-state index in [2.05, 4.69) is 4.84 Å². The molecule has 148 valence electrons. The van der Waals surface area contributed by atoms with Gasteiger partial charge in [0, 0.05) is 21.8 Å². The number of aryl methyl sites for hydroxylation is 1. The van der Waals surface area contributed by atoms with Crippen LogP contribution in [0.5, 0.6) is 0 Å². The smallest absolute Gasteiger partial charge is 0.332 e. The van der Waals surface area contributed by atoms with Crippen LogP contribution in [-0.4, -0.2) is 11.9 Å². The molecule has 2 rings (SSSR count). The normalized spacial score (nSPS) is 10.3. The molecule has 8 heteroatoms. The molecule has 0 saturated carbocycles. The molecule has 1 amide bonds. The lowest BCUT2D eigenvalue weighted by Crippen LogP contribution is -2.27. The van der Waals surface area contributed by atoms with Gasteiger partial charge < -0.3 is 4.84 Å². The fourth-order valence-corrected chi connectivity index (χ4v) is 3.24. The van der Waals surface area contributed by atoms with Gasteiger partial charge in [-0.2, -0.15) is 14.3 Å². The molecule has 0 atom stereocenters. The van der Waals surface area contributed by atoms with Gasteiger partial charge in [0.2, 0.25) is 0 Å². The van der Waals surface area contributed by atoms with E-state index in [0.29, 0.717) is 5.02 Å². The number of carbonyl (C=O) groups excluding carboxylic acids is 2. The van der Waals surface area contributed by atoms with Crippen LogP contribution in [0.3, 0.4) is 0 Å². The summed E-state index contributed by atoms with van der Waals surface area (Å²) in [4.78, 5) is 30.0. The highest BCUT2D eigenvalue weighted by Crippen LogP contribution is 2.33. The van der Waals surface area contributed by atoms with E-state index in [1.54, 1.807) is 12.1 Å². The van der Waals surface area contributed by atoms with Crippen molar-refractivity contribution >= 4 is 35.2 Å². The number of benzene rings is 2. The number of nitrogens with one attached hydrogen (secondary N) is 1. The second-order valence-electron chi connectivity index (χ2n) is 5.85. The Morgan fingerprint density at radius 1 is 1.18 bits per heavy atom. The third-order valence-electron chi connectivity index (χ3n) is 3.58. The molecular weight excluding hydrogens is 408 g/mol. The SMILES string of the molecule is Cc1ccc(Sc2ccc(C(=O)NOC(=O)CCCC=C(F)F)cc2Cl)cc1. The van der Waals surface area contributed by atoms with Gasteiger partial charge in [-0.1, -0.05) is 41.1 Å².